The third-order valence-electron chi connectivity index (χ3n) is 12.9. The maximum absolute atomic E-state index is 3.58. The predicted molar refractivity (Wildman–Crippen MR) is 357 cm³/mol. The molecule has 4 aliphatic rings. The molecule has 8 rings (SSSR count). The van der Waals surface area contributed by atoms with Crippen LogP contribution in [0.5, 0.6) is 0 Å². The van der Waals surface area contributed by atoms with Gasteiger partial charge in [-0.05, 0) is 115 Å². The first-order valence-electron chi connectivity index (χ1n) is 32.7. The molecule has 0 amide bonds. The van der Waals surface area contributed by atoms with Gasteiger partial charge in [0, 0.05) is 196 Å². The summed E-state index contributed by atoms with van der Waals surface area (Å²) in [5, 5.41) is 0. The van der Waals surface area contributed by atoms with Gasteiger partial charge in [0.25, 0.3) is 0 Å². The van der Waals surface area contributed by atoms with E-state index < -0.39 is 0 Å². The molecule has 0 aliphatic heterocycles. The van der Waals surface area contributed by atoms with E-state index in [2.05, 4.69) is 184 Å². The Morgan fingerprint density at radius 2 is 0.951 bits per heavy atom. The molecule has 0 saturated heterocycles. The summed E-state index contributed by atoms with van der Waals surface area (Å²) in [7, 11) is 0. The summed E-state index contributed by atoms with van der Waals surface area (Å²) >= 11 is 0. The molecule has 0 nitrogen and oxygen atoms in total. The molecule has 0 bridgehead atoms. The first-order chi connectivity index (χ1) is 36.8. The van der Waals surface area contributed by atoms with Gasteiger partial charge in [0.05, 0.1) is 0 Å². The van der Waals surface area contributed by atoms with Gasteiger partial charge in [-0.15, -0.1) is 5.56 Å². The normalized spacial score (nSPS) is 16.6. The Morgan fingerprint density at radius 3 is 1.44 bits per heavy atom. The summed E-state index contributed by atoms with van der Waals surface area (Å²) in [4.78, 5) is 0. The molecule has 0 heterocycles. The summed E-state index contributed by atoms with van der Waals surface area (Å²) < 4.78 is 0. The van der Waals surface area contributed by atoms with Crippen molar-refractivity contribution in [3.63, 3.8) is 0 Å². The van der Waals surface area contributed by atoms with Crippen molar-refractivity contribution in [3.8, 4) is 0 Å². The zero-order chi connectivity index (χ0) is 60.5. The molecule has 2 unspecified atom stereocenters. The second kappa shape index (κ2) is 77.0. The van der Waals surface area contributed by atoms with E-state index in [0.29, 0.717) is 23.7 Å². The second-order valence-electron chi connectivity index (χ2n) is 19.0. The van der Waals surface area contributed by atoms with Crippen LogP contribution in [0.1, 0.15) is 322 Å². The van der Waals surface area contributed by atoms with Gasteiger partial charge in [0.1, 0.15) is 0 Å². The average Bonchev–Trinajstić information content (AvgIpc) is 3.45. The van der Waals surface area contributed by atoms with Crippen molar-refractivity contribution < 1.29 is 196 Å². The molecule has 0 spiro atoms. The number of benzene rings is 4. The summed E-state index contributed by atoms with van der Waals surface area (Å²) in [5.74, 6) is 3.90. The van der Waals surface area contributed by atoms with Crippen LogP contribution in [-0.2, 0) is 235 Å². The zero-order valence-electron chi connectivity index (χ0n) is 61.2. The van der Waals surface area contributed by atoms with Crippen LogP contribution in [0, 0.1) is 76.3 Å². The predicted octanol–water partition coefficient (Wildman–Crippen LogP) is 25.4. The van der Waals surface area contributed by atoms with Gasteiger partial charge in [-0.3, -0.25) is 0 Å². The summed E-state index contributed by atoms with van der Waals surface area (Å²) in [6.45, 7) is 67.8. The maximum Gasteiger partial charge on any atom is 0 e. The van der Waals surface area contributed by atoms with Crippen LogP contribution in [0.25, 0.3) is 0 Å². The van der Waals surface area contributed by atoms with Crippen molar-refractivity contribution in [3.05, 3.63) is 151 Å². The van der Waals surface area contributed by atoms with E-state index in [1.165, 1.54) is 97.6 Å². The largest absolute Gasteiger partial charge is 0.335 e. The van der Waals surface area contributed by atoms with Crippen molar-refractivity contribution in [1.82, 2.24) is 0 Å². The topological polar surface area (TPSA) is 0 Å². The average molecular weight is 1580 g/mol. The summed E-state index contributed by atoms with van der Waals surface area (Å²) in [6.07, 6.45) is 19.7. The molecule has 462 valence electrons. The van der Waals surface area contributed by atoms with Gasteiger partial charge in [-0.2, -0.15) is 76.6 Å². The van der Waals surface area contributed by atoms with Crippen molar-refractivity contribution >= 4 is 0 Å². The third-order valence-corrected chi connectivity index (χ3v) is 12.9. The van der Waals surface area contributed by atoms with E-state index in [4.69, 9.17) is 0 Å². The van der Waals surface area contributed by atoms with Crippen molar-refractivity contribution in [2.45, 2.75) is 310 Å². The maximum atomic E-state index is 3.58. The number of hydrogen-bond donors (Lipinski definition) is 0. The van der Waals surface area contributed by atoms with Gasteiger partial charge in [0.15, 0.2) is 0 Å². The van der Waals surface area contributed by atoms with Gasteiger partial charge in [-0.1, -0.05) is 263 Å². The zero-order valence-corrected chi connectivity index (χ0v) is 78.2. The first-order valence-corrected chi connectivity index (χ1v) is 32.7. The third kappa shape index (κ3) is 41.2. The monoisotopic (exact) mass is 1580 g/mol. The summed E-state index contributed by atoms with van der Waals surface area (Å²) in [5.41, 5.74) is 21.6. The number of fused-ring (bicyclic) bond motifs is 4. The Morgan fingerprint density at radius 1 is 0.488 bits per heavy atom. The molecule has 0 saturated carbocycles. The van der Waals surface area contributed by atoms with E-state index in [1.807, 2.05) is 111 Å². The van der Waals surface area contributed by atoms with Crippen molar-refractivity contribution in [2.75, 3.05) is 0 Å². The van der Waals surface area contributed by atoms with Crippen LogP contribution in [0.4, 0.5) is 0 Å². The van der Waals surface area contributed by atoms with Crippen molar-refractivity contribution in [1.29, 1.82) is 0 Å². The quantitative estimate of drug-likeness (QED) is 0.176. The van der Waals surface area contributed by atoms with Gasteiger partial charge in [-0.25, -0.2) is 12.8 Å². The molecule has 0 aromatic heterocycles. The Balaban J connectivity index is -0.0000000793. The van der Waals surface area contributed by atoms with Crippen LogP contribution in [-0.4, -0.2) is 0 Å². The Labute approximate surface area is 671 Å². The summed E-state index contributed by atoms with van der Waals surface area (Å²) in [6, 6.07) is 25.3. The molecule has 82 heavy (non-hydrogen) atoms. The van der Waals surface area contributed by atoms with E-state index >= 15 is 0 Å². The van der Waals surface area contributed by atoms with Gasteiger partial charge < -0.3 is 12.8 Å². The van der Waals surface area contributed by atoms with Crippen LogP contribution < -0.4 is 0 Å². The van der Waals surface area contributed by atoms with Gasteiger partial charge in [0.2, 0.25) is 0 Å². The van der Waals surface area contributed by atoms with E-state index in [0.717, 1.165) is 24.7 Å². The second-order valence-corrected chi connectivity index (χ2v) is 19.0. The van der Waals surface area contributed by atoms with Crippen LogP contribution >= 0.6 is 0 Å². The van der Waals surface area contributed by atoms with Crippen molar-refractivity contribution in [2.24, 2.45) is 23.7 Å². The van der Waals surface area contributed by atoms with E-state index in [9.17, 15) is 0 Å². The van der Waals surface area contributed by atoms with E-state index in [1.54, 1.807) is 44.5 Å². The minimum absolute atomic E-state index is 0. The molecule has 0 N–H and O–H groups in total. The fourth-order valence-corrected chi connectivity index (χ4v) is 9.88. The first kappa shape index (κ1) is 113. The van der Waals surface area contributed by atoms with Gasteiger partial charge >= 0.3 is 0 Å². The SMILES string of the molecule is CC.CC.CC.CC.CC.CC.CC.CC.CCC.CCC.CCC.CCC.Cc1cc2c(c([C@@H]3c4cc[c-]cc4C[CH-]C3C)c1C)CC[C@@H](C)C2.Cc1ccc2c(c1)CC(C)[C@@H](C)[C@H]2c1c(C)[c-]cc2c1CC[CH-]C2.[Y].[Y].[Y].[Y].[Y].[Y]. The fraction of sp³-hybridized carbons (Fsp3) is 0.658. The van der Waals surface area contributed by atoms with E-state index in [-0.39, 0.29) is 196 Å². The standard InChI is InChI=1S/2C24H28.4C3H8.8C2H6.6Y/c2*1-15-9-12-22-20(13-15)14-17(3)18(4)24(22)23-16(2)10-11-19-7-5-6-8-21(19)23;4*1-3-2;8*1-2;;;;;;/h6-8,10,14-16,23H,9,11-13H2,1-4H3;5,9,11-13,17-18,24H,6-8,14H2,1-4H3;4*3H2,1-2H3;8*1-2H3;;;;;;/q2*-2;;;;;;;;;;;;;;;;;;/t15-,16?,23+;17?,18-,24-;;;;;;;;;;;;;;;;;;/m11................../s1. The molecule has 0 fully saturated rings. The Bertz CT molecular complexity index is 1890. The number of aryl methyl sites for hydroxylation is 3. The Kier molecular flexibility index (Phi) is 106. The molecule has 4 aliphatic carbocycles. The molecule has 6 atom stereocenters. The van der Waals surface area contributed by atoms with Crippen LogP contribution in [0.15, 0.2) is 48.5 Å². The van der Waals surface area contributed by atoms with Crippen LogP contribution in [0.3, 0.4) is 0 Å². The Hall–Kier alpha value is 3.50. The molecule has 6 radical (unpaired) electrons. The molecular formula is C76H136Y6-4. The minimum Gasteiger partial charge on any atom is -0.335 e. The minimum atomic E-state index is 0. The number of rotatable bonds is 2. The smallest absolute Gasteiger partial charge is 0 e. The molecule has 4 aromatic carbocycles. The fourth-order valence-electron chi connectivity index (χ4n) is 9.88. The van der Waals surface area contributed by atoms with Crippen LogP contribution in [0.2, 0.25) is 0 Å². The molecule has 4 aromatic rings. The molecule has 6 heteroatoms. The molecular weight excluding hydrogens is 1450 g/mol. The number of hydrogen-bond acceptors (Lipinski definition) is 0.